The van der Waals surface area contributed by atoms with Gasteiger partial charge in [-0.1, -0.05) is 51.6 Å². The number of hydrogen-bond acceptors (Lipinski definition) is 6. The molecule has 1 saturated heterocycles. The Morgan fingerprint density at radius 3 is 2.38 bits per heavy atom. The summed E-state index contributed by atoms with van der Waals surface area (Å²) in [5, 5.41) is 3.86. The first-order valence-corrected chi connectivity index (χ1v) is 12.7. The minimum absolute atomic E-state index is 0.0285. The minimum Gasteiger partial charge on any atom is -0.354 e. The maximum absolute atomic E-state index is 12.2. The Morgan fingerprint density at radius 1 is 1.09 bits per heavy atom. The maximum Gasteiger partial charge on any atom is 0.251 e. The van der Waals surface area contributed by atoms with E-state index < -0.39 is 0 Å². The average molecular weight is 454 g/mol. The molecule has 4 rings (SSSR count). The fourth-order valence-corrected chi connectivity index (χ4v) is 4.52. The molecular formula is C25H35N5OS. The van der Waals surface area contributed by atoms with E-state index in [0.717, 1.165) is 73.5 Å². The first-order valence-electron chi connectivity index (χ1n) is 11.7. The molecule has 1 amide bonds. The number of nitrogens with one attached hydrogen (secondary N) is 1. The summed E-state index contributed by atoms with van der Waals surface area (Å²) < 4.78 is 0. The van der Waals surface area contributed by atoms with Gasteiger partial charge in [-0.3, -0.25) is 4.79 Å². The highest BCUT2D eigenvalue weighted by molar-refractivity contribution is 7.98. The van der Waals surface area contributed by atoms with Crippen LogP contribution in [0.1, 0.15) is 62.2 Å². The molecule has 1 aromatic heterocycles. The number of carbonyl (C=O) groups is 1. The fraction of sp³-hybridized carbons (Fsp3) is 0.560. The van der Waals surface area contributed by atoms with Crippen molar-refractivity contribution in [3.05, 3.63) is 47.2 Å². The van der Waals surface area contributed by atoms with Crippen LogP contribution in [0.2, 0.25) is 0 Å². The number of nitrogens with zero attached hydrogens (tertiary/aromatic N) is 4. The quantitative estimate of drug-likeness (QED) is 0.503. The van der Waals surface area contributed by atoms with Gasteiger partial charge in [0.15, 0.2) is 5.16 Å². The third-order valence-electron chi connectivity index (χ3n) is 6.10. The maximum atomic E-state index is 12.2. The summed E-state index contributed by atoms with van der Waals surface area (Å²) in [7, 11) is 0. The van der Waals surface area contributed by atoms with Crippen molar-refractivity contribution < 1.29 is 4.79 Å². The van der Waals surface area contributed by atoms with Crippen LogP contribution in [0, 0.1) is 0 Å². The molecule has 7 heteroatoms. The first-order chi connectivity index (χ1) is 15.3. The molecule has 2 heterocycles. The van der Waals surface area contributed by atoms with E-state index in [1.165, 1.54) is 5.56 Å². The van der Waals surface area contributed by atoms with E-state index in [0.29, 0.717) is 6.04 Å². The van der Waals surface area contributed by atoms with Crippen LogP contribution in [0.5, 0.6) is 0 Å². The highest BCUT2D eigenvalue weighted by Gasteiger charge is 2.24. The van der Waals surface area contributed by atoms with Crippen LogP contribution in [-0.4, -0.2) is 59.5 Å². The Labute approximate surface area is 196 Å². The molecule has 0 unspecified atom stereocenters. The SMILES string of the molecule is CCN1CCN(c2cc(C(C)(C)C)nc(SCc3ccc(C(=O)NC4CC4)cc3)n2)CC1. The summed E-state index contributed by atoms with van der Waals surface area (Å²) in [6, 6.07) is 10.4. The van der Waals surface area contributed by atoms with E-state index >= 15 is 0 Å². The Bertz CT molecular complexity index is 928. The van der Waals surface area contributed by atoms with Gasteiger partial charge in [-0.2, -0.15) is 0 Å². The van der Waals surface area contributed by atoms with E-state index in [-0.39, 0.29) is 11.3 Å². The topological polar surface area (TPSA) is 61.4 Å². The predicted octanol–water partition coefficient (Wildman–Crippen LogP) is 4.10. The summed E-state index contributed by atoms with van der Waals surface area (Å²) in [4.78, 5) is 26.9. The largest absolute Gasteiger partial charge is 0.354 e. The summed E-state index contributed by atoms with van der Waals surface area (Å²) in [5.41, 5.74) is 2.94. The lowest BCUT2D eigenvalue weighted by Gasteiger charge is -2.35. The van der Waals surface area contributed by atoms with Crippen LogP contribution in [0.4, 0.5) is 5.82 Å². The van der Waals surface area contributed by atoms with Gasteiger partial charge in [0.05, 0.1) is 5.69 Å². The molecule has 172 valence electrons. The highest BCUT2D eigenvalue weighted by Crippen LogP contribution is 2.29. The van der Waals surface area contributed by atoms with Gasteiger partial charge < -0.3 is 15.1 Å². The zero-order chi connectivity index (χ0) is 22.7. The molecule has 32 heavy (non-hydrogen) atoms. The lowest BCUT2D eigenvalue weighted by Crippen LogP contribution is -2.46. The summed E-state index contributed by atoms with van der Waals surface area (Å²) in [5.74, 6) is 1.84. The molecule has 1 saturated carbocycles. The Kier molecular flexibility index (Phi) is 7.05. The van der Waals surface area contributed by atoms with Gasteiger partial charge in [0.2, 0.25) is 0 Å². The number of amides is 1. The Balaban J connectivity index is 1.44. The van der Waals surface area contributed by atoms with Gasteiger partial charge in [-0.25, -0.2) is 9.97 Å². The van der Waals surface area contributed by atoms with Crippen LogP contribution in [-0.2, 0) is 11.2 Å². The van der Waals surface area contributed by atoms with Crippen molar-refractivity contribution in [1.82, 2.24) is 20.2 Å². The number of benzene rings is 1. The molecule has 0 spiro atoms. The zero-order valence-electron chi connectivity index (χ0n) is 19.7. The van der Waals surface area contributed by atoms with Crippen LogP contribution < -0.4 is 10.2 Å². The van der Waals surface area contributed by atoms with E-state index in [4.69, 9.17) is 9.97 Å². The molecule has 1 aromatic carbocycles. The van der Waals surface area contributed by atoms with Crippen molar-refractivity contribution in [2.45, 2.75) is 62.9 Å². The smallest absolute Gasteiger partial charge is 0.251 e. The normalized spacial score (nSPS) is 17.4. The molecule has 2 aromatic rings. The highest BCUT2D eigenvalue weighted by atomic mass is 32.2. The standard InChI is InChI=1S/C25H35N5OS/c1-5-29-12-14-30(15-13-29)22-16-21(25(2,3)4)27-24(28-22)32-17-18-6-8-19(9-7-18)23(31)26-20-10-11-20/h6-9,16,20H,5,10-15,17H2,1-4H3,(H,26,31). The molecule has 1 aliphatic carbocycles. The Hall–Kier alpha value is -2.12. The molecule has 1 aliphatic heterocycles. The number of aromatic nitrogens is 2. The van der Waals surface area contributed by atoms with Crippen LogP contribution in [0.25, 0.3) is 0 Å². The molecule has 2 aliphatic rings. The van der Waals surface area contributed by atoms with Crippen LogP contribution in [0.15, 0.2) is 35.5 Å². The van der Waals surface area contributed by atoms with E-state index in [9.17, 15) is 4.79 Å². The van der Waals surface area contributed by atoms with Gasteiger partial charge in [0.1, 0.15) is 5.82 Å². The molecule has 1 N–H and O–H groups in total. The monoisotopic (exact) mass is 453 g/mol. The average Bonchev–Trinajstić information content (AvgIpc) is 3.61. The zero-order valence-corrected chi connectivity index (χ0v) is 20.5. The van der Waals surface area contributed by atoms with Crippen molar-refractivity contribution in [1.29, 1.82) is 0 Å². The number of hydrogen-bond donors (Lipinski definition) is 1. The van der Waals surface area contributed by atoms with Gasteiger partial charge in [0, 0.05) is 55.0 Å². The first kappa shape index (κ1) is 23.1. The van der Waals surface area contributed by atoms with Crippen molar-refractivity contribution in [3.8, 4) is 0 Å². The molecule has 0 atom stereocenters. The third kappa shape index (κ3) is 6.01. The lowest BCUT2D eigenvalue weighted by atomic mass is 9.92. The summed E-state index contributed by atoms with van der Waals surface area (Å²) >= 11 is 1.66. The van der Waals surface area contributed by atoms with E-state index in [2.05, 4.69) is 48.9 Å². The van der Waals surface area contributed by atoms with E-state index in [1.807, 2.05) is 24.3 Å². The number of thioether (sulfide) groups is 1. The number of piperazine rings is 1. The van der Waals surface area contributed by atoms with Crippen molar-refractivity contribution in [3.63, 3.8) is 0 Å². The summed E-state index contributed by atoms with van der Waals surface area (Å²) in [6.45, 7) is 14.1. The van der Waals surface area contributed by atoms with Crippen molar-refractivity contribution in [2.24, 2.45) is 0 Å². The molecular weight excluding hydrogens is 418 g/mol. The minimum atomic E-state index is -0.0329. The number of anilines is 1. The Morgan fingerprint density at radius 2 is 1.78 bits per heavy atom. The second-order valence-electron chi connectivity index (χ2n) is 9.80. The van der Waals surface area contributed by atoms with Gasteiger partial charge in [0.25, 0.3) is 5.91 Å². The van der Waals surface area contributed by atoms with E-state index in [1.54, 1.807) is 11.8 Å². The predicted molar refractivity (Wildman–Crippen MR) is 132 cm³/mol. The number of carbonyl (C=O) groups excluding carboxylic acids is 1. The summed E-state index contributed by atoms with van der Waals surface area (Å²) in [6.07, 6.45) is 2.20. The van der Waals surface area contributed by atoms with Crippen molar-refractivity contribution in [2.75, 3.05) is 37.6 Å². The van der Waals surface area contributed by atoms with Gasteiger partial charge in [-0.05, 0) is 37.1 Å². The molecule has 0 radical (unpaired) electrons. The number of likely N-dealkylation sites (N-methyl/N-ethyl adjacent to an activating group) is 1. The second-order valence-corrected chi connectivity index (χ2v) is 10.7. The van der Waals surface area contributed by atoms with Gasteiger partial charge in [-0.15, -0.1) is 0 Å². The van der Waals surface area contributed by atoms with Crippen LogP contribution in [0.3, 0.4) is 0 Å². The molecule has 6 nitrogen and oxygen atoms in total. The lowest BCUT2D eigenvalue weighted by molar-refractivity contribution is 0.0951. The van der Waals surface area contributed by atoms with Gasteiger partial charge >= 0.3 is 0 Å². The number of rotatable bonds is 7. The second kappa shape index (κ2) is 9.79. The third-order valence-corrected chi connectivity index (χ3v) is 7.02. The van der Waals surface area contributed by atoms with Crippen molar-refractivity contribution >= 4 is 23.5 Å². The van der Waals surface area contributed by atoms with Crippen LogP contribution >= 0.6 is 11.8 Å². The molecule has 0 bridgehead atoms. The fourth-order valence-electron chi connectivity index (χ4n) is 3.71. The molecule has 2 fully saturated rings.